The van der Waals surface area contributed by atoms with Gasteiger partial charge in [0, 0.05) is 6.08 Å². The van der Waals surface area contributed by atoms with Crippen LogP contribution in [0.25, 0.3) is 0 Å². The average molecular weight is 491 g/mol. The molecular weight excluding hydrogens is 468 g/mol. The summed E-state index contributed by atoms with van der Waals surface area (Å²) in [5.41, 5.74) is 0. The van der Waals surface area contributed by atoms with Crippen LogP contribution in [-0.4, -0.2) is 55.7 Å². The first-order valence-corrected chi connectivity index (χ1v) is 11.8. The third-order valence-corrected chi connectivity index (χ3v) is 6.98. The quantitative estimate of drug-likeness (QED) is 0.131. The van der Waals surface area contributed by atoms with Crippen molar-refractivity contribution in [2.24, 2.45) is 23.7 Å². The van der Waals surface area contributed by atoms with Gasteiger partial charge in [0.2, 0.25) is 0 Å². The molecule has 0 aromatic rings. The number of carbonyl (C=O) groups is 4. The molecule has 1 aliphatic heterocycles. The van der Waals surface area contributed by atoms with E-state index in [-0.39, 0.29) is 29.9 Å². The number of allylic oxidation sites excluding steroid dienone is 2. The minimum absolute atomic E-state index is 0.144. The minimum atomic E-state index is -6.02. The molecule has 1 saturated heterocycles. The van der Waals surface area contributed by atoms with Gasteiger partial charge in [-0.1, -0.05) is 18.7 Å². The number of esters is 2. The Balaban J connectivity index is 1.46. The zero-order chi connectivity index (χ0) is 24.4. The average Bonchev–Trinajstić information content (AvgIpc) is 3.45. The summed E-state index contributed by atoms with van der Waals surface area (Å²) in [6.07, 6.45) is 6.64. The number of carbonyl (C=O) groups excluding carboxylic acids is 4. The summed E-state index contributed by atoms with van der Waals surface area (Å²) in [5.74, 6) is -7.27. The topological polar surface area (TPSA) is 133 Å². The number of nitrogens with zero attached hydrogens (tertiary/aromatic N) is 1. The third-order valence-electron chi connectivity index (χ3n) is 5.84. The molecule has 2 fully saturated rings. The van der Waals surface area contributed by atoms with Crippen LogP contribution in [0.1, 0.15) is 32.1 Å². The fourth-order valence-electron chi connectivity index (χ4n) is 4.23. The van der Waals surface area contributed by atoms with Crippen molar-refractivity contribution in [2.75, 3.05) is 13.2 Å². The molecule has 3 aliphatic rings. The normalized spacial score (nSPS) is 25.9. The number of hydrogen-bond donors (Lipinski definition) is 0. The van der Waals surface area contributed by atoms with E-state index < -0.39 is 57.6 Å². The maximum atomic E-state index is 14.2. The molecule has 10 nitrogen and oxygen atoms in total. The van der Waals surface area contributed by atoms with Crippen molar-refractivity contribution in [2.45, 2.75) is 37.4 Å². The molecular formula is C20H23F2NO9S. The van der Waals surface area contributed by atoms with Crippen LogP contribution >= 0.6 is 0 Å². The highest BCUT2D eigenvalue weighted by Gasteiger charge is 2.64. The molecule has 182 valence electrons. The van der Waals surface area contributed by atoms with Crippen LogP contribution in [0.15, 0.2) is 24.8 Å². The van der Waals surface area contributed by atoms with Crippen LogP contribution < -0.4 is 0 Å². The second-order valence-electron chi connectivity index (χ2n) is 7.94. The molecule has 0 radical (unpaired) electrons. The van der Waals surface area contributed by atoms with Gasteiger partial charge >= 0.3 is 27.3 Å². The first-order valence-electron chi connectivity index (χ1n) is 10.4. The number of halogens is 2. The van der Waals surface area contributed by atoms with Crippen molar-refractivity contribution < 1.29 is 50.1 Å². The Kier molecular flexibility index (Phi) is 7.32. The molecule has 2 amide bonds. The molecule has 1 saturated carbocycles. The van der Waals surface area contributed by atoms with Gasteiger partial charge in [-0.2, -0.15) is 17.2 Å². The van der Waals surface area contributed by atoms with Crippen molar-refractivity contribution in [3.63, 3.8) is 0 Å². The lowest BCUT2D eigenvalue weighted by atomic mass is 9.85. The molecule has 0 spiro atoms. The Labute approximate surface area is 188 Å². The van der Waals surface area contributed by atoms with Crippen molar-refractivity contribution in [1.29, 1.82) is 0 Å². The Bertz CT molecular complexity index is 948. The number of unbranched alkanes of at least 4 members (excludes halogenated alkanes) is 3. The van der Waals surface area contributed by atoms with Crippen LogP contribution in [0.4, 0.5) is 8.78 Å². The maximum absolute atomic E-state index is 14.2. The van der Waals surface area contributed by atoms with E-state index in [1.807, 2.05) is 0 Å². The van der Waals surface area contributed by atoms with E-state index in [0.717, 1.165) is 6.08 Å². The number of amides is 2. The highest BCUT2D eigenvalue weighted by molar-refractivity contribution is 7.88. The standard InChI is InChI=1S/C20H23F2NO9S/c1-2-14(24)30-9-5-3-4-6-10-31-19(27)20(21,22)33(28,29)32-23-17(25)15-12-7-8-13(11-12)16(15)18(23)26/h2,7-8,12-13,15-16H,1,3-6,9-11H2. The molecule has 4 unspecified atom stereocenters. The lowest BCUT2D eigenvalue weighted by Gasteiger charge is -2.19. The van der Waals surface area contributed by atoms with Gasteiger partial charge in [-0.3, -0.25) is 9.59 Å². The summed E-state index contributed by atoms with van der Waals surface area (Å²) < 4.78 is 65.8. The van der Waals surface area contributed by atoms with E-state index >= 15 is 0 Å². The number of fused-ring (bicyclic) bond motifs is 5. The first-order chi connectivity index (χ1) is 15.5. The lowest BCUT2D eigenvalue weighted by molar-refractivity contribution is -0.172. The van der Waals surface area contributed by atoms with Gasteiger partial charge in [-0.05, 0) is 43.9 Å². The number of hydroxylamine groups is 2. The van der Waals surface area contributed by atoms with Gasteiger partial charge in [-0.15, -0.1) is 9.35 Å². The molecule has 0 aromatic carbocycles. The number of alkyl halides is 2. The molecule has 1 heterocycles. The van der Waals surface area contributed by atoms with Gasteiger partial charge < -0.3 is 9.47 Å². The summed E-state index contributed by atoms with van der Waals surface area (Å²) in [6.45, 7) is 2.89. The molecule has 3 rings (SSSR count). The second-order valence-corrected chi connectivity index (χ2v) is 9.51. The second kappa shape index (κ2) is 9.67. The summed E-state index contributed by atoms with van der Waals surface area (Å²) in [6, 6.07) is 0. The minimum Gasteiger partial charge on any atom is -0.463 e. The van der Waals surface area contributed by atoms with E-state index in [4.69, 9.17) is 4.74 Å². The Morgan fingerprint density at radius 3 is 2.06 bits per heavy atom. The lowest BCUT2D eigenvalue weighted by Crippen LogP contribution is -2.45. The molecule has 33 heavy (non-hydrogen) atoms. The molecule has 2 bridgehead atoms. The zero-order valence-electron chi connectivity index (χ0n) is 17.5. The van der Waals surface area contributed by atoms with E-state index in [9.17, 15) is 36.4 Å². The maximum Gasteiger partial charge on any atom is 0.467 e. The predicted octanol–water partition coefficient (Wildman–Crippen LogP) is 1.48. The Morgan fingerprint density at radius 1 is 1.03 bits per heavy atom. The molecule has 0 aromatic heterocycles. The van der Waals surface area contributed by atoms with E-state index in [1.54, 1.807) is 12.2 Å². The fourth-order valence-corrected chi connectivity index (χ4v) is 4.93. The van der Waals surface area contributed by atoms with Gasteiger partial charge in [0.15, 0.2) is 0 Å². The van der Waals surface area contributed by atoms with Crippen molar-refractivity contribution in [3.05, 3.63) is 24.8 Å². The first kappa shape index (κ1) is 25.0. The van der Waals surface area contributed by atoms with Gasteiger partial charge in [0.25, 0.3) is 11.8 Å². The third kappa shape index (κ3) is 4.83. The highest BCUT2D eigenvalue weighted by atomic mass is 32.2. The van der Waals surface area contributed by atoms with E-state index in [1.165, 1.54) is 0 Å². The molecule has 0 N–H and O–H groups in total. The van der Waals surface area contributed by atoms with Crippen LogP contribution in [0, 0.1) is 23.7 Å². The van der Waals surface area contributed by atoms with Gasteiger partial charge in [-0.25, -0.2) is 9.59 Å². The number of hydrogen-bond acceptors (Lipinski definition) is 9. The fraction of sp³-hybridized carbons (Fsp3) is 0.600. The summed E-state index contributed by atoms with van der Waals surface area (Å²) in [5, 5.41) is -5.29. The Hall–Kier alpha value is -2.67. The van der Waals surface area contributed by atoms with Crippen molar-refractivity contribution in [1.82, 2.24) is 5.06 Å². The summed E-state index contributed by atoms with van der Waals surface area (Å²) in [7, 11) is -6.02. The molecule has 2 aliphatic carbocycles. The SMILES string of the molecule is C=CC(=O)OCCCCCCOC(=O)C(F)(F)S(=O)(=O)ON1C(=O)C2C3C=CC(C3)C2C1=O. The monoisotopic (exact) mass is 491 g/mol. The van der Waals surface area contributed by atoms with Crippen LogP contribution in [0.3, 0.4) is 0 Å². The number of ether oxygens (including phenoxy) is 2. The predicted molar refractivity (Wildman–Crippen MR) is 105 cm³/mol. The largest absolute Gasteiger partial charge is 0.467 e. The number of imide groups is 1. The highest BCUT2D eigenvalue weighted by Crippen LogP contribution is 2.52. The Morgan fingerprint density at radius 2 is 1.55 bits per heavy atom. The van der Waals surface area contributed by atoms with Gasteiger partial charge in [0.05, 0.1) is 25.0 Å². The van der Waals surface area contributed by atoms with Gasteiger partial charge in [0.1, 0.15) is 0 Å². The zero-order valence-corrected chi connectivity index (χ0v) is 18.3. The van der Waals surface area contributed by atoms with Crippen molar-refractivity contribution >= 4 is 33.9 Å². The van der Waals surface area contributed by atoms with Crippen LogP contribution in [-0.2, 0) is 43.1 Å². The van der Waals surface area contributed by atoms with Crippen LogP contribution in [0.2, 0.25) is 0 Å². The van der Waals surface area contributed by atoms with Crippen LogP contribution in [0.5, 0.6) is 0 Å². The smallest absolute Gasteiger partial charge is 0.463 e. The molecule has 4 atom stereocenters. The van der Waals surface area contributed by atoms with Crippen molar-refractivity contribution in [3.8, 4) is 0 Å². The number of rotatable bonds is 12. The van der Waals surface area contributed by atoms with E-state index in [2.05, 4.69) is 15.6 Å². The summed E-state index contributed by atoms with van der Waals surface area (Å²) >= 11 is 0. The van der Waals surface area contributed by atoms with E-state index in [0.29, 0.717) is 25.7 Å². The summed E-state index contributed by atoms with van der Waals surface area (Å²) in [4.78, 5) is 47.4. The molecule has 13 heteroatoms.